The fourth-order valence-corrected chi connectivity index (χ4v) is 5.69. The van der Waals surface area contributed by atoms with E-state index in [9.17, 15) is 9.59 Å². The van der Waals surface area contributed by atoms with Crippen LogP contribution in [-0.2, 0) is 7.05 Å². The third kappa shape index (κ3) is 7.62. The molecule has 9 nitrogen and oxygen atoms in total. The number of nitrogens with one attached hydrogen (secondary N) is 1. The van der Waals surface area contributed by atoms with Gasteiger partial charge in [0.1, 0.15) is 0 Å². The zero-order chi connectivity index (χ0) is 31.1. The summed E-state index contributed by atoms with van der Waals surface area (Å²) in [6.07, 6.45) is 9.14. The van der Waals surface area contributed by atoms with E-state index in [-0.39, 0.29) is 11.9 Å². The number of anilines is 1. The van der Waals surface area contributed by atoms with Crippen molar-refractivity contribution in [1.29, 1.82) is 0 Å². The van der Waals surface area contributed by atoms with E-state index in [1.807, 2.05) is 91.7 Å². The molecular weight excluding hydrogens is 614 g/mol. The molecule has 0 aliphatic heterocycles. The van der Waals surface area contributed by atoms with Gasteiger partial charge in [0, 0.05) is 46.8 Å². The van der Waals surface area contributed by atoms with Gasteiger partial charge in [0.2, 0.25) is 0 Å². The van der Waals surface area contributed by atoms with Crippen molar-refractivity contribution in [3.8, 4) is 0 Å². The van der Waals surface area contributed by atoms with Gasteiger partial charge in [-0.3, -0.25) is 4.79 Å². The molecule has 6 aromatic rings. The third-order valence-corrected chi connectivity index (χ3v) is 8.74. The summed E-state index contributed by atoms with van der Waals surface area (Å²) in [5.74, 6) is -0.172. The molecule has 0 saturated heterocycles. The Morgan fingerprint density at radius 3 is 2.39 bits per heavy atom. The Morgan fingerprint density at radius 1 is 0.932 bits per heavy atom. The molecule has 0 unspecified atom stereocenters. The zero-order valence-corrected chi connectivity index (χ0v) is 26.5. The number of thiophene rings is 1. The summed E-state index contributed by atoms with van der Waals surface area (Å²) in [7, 11) is 1.93. The summed E-state index contributed by atoms with van der Waals surface area (Å²) in [5, 5.41) is 14.9. The molecule has 2 aromatic carbocycles. The summed E-state index contributed by atoms with van der Waals surface area (Å²) < 4.78 is 4.66. The average molecular weight is 642 g/mol. The first-order valence-corrected chi connectivity index (χ1v) is 15.5. The smallest absolute Gasteiger partial charge is 0.329 e. The molecule has 0 bridgehead atoms. The fraction of sp³-hybridized carbons (Fsp3) is 0.0938. The molecule has 222 valence electrons. The van der Waals surface area contributed by atoms with Gasteiger partial charge in [0.15, 0.2) is 5.16 Å². The quantitative estimate of drug-likeness (QED) is 0.198. The van der Waals surface area contributed by atoms with Crippen LogP contribution in [0.25, 0.3) is 12.2 Å². The van der Waals surface area contributed by atoms with E-state index in [4.69, 9.17) is 11.6 Å². The molecule has 4 heterocycles. The van der Waals surface area contributed by atoms with Crippen LogP contribution >= 0.6 is 34.7 Å². The van der Waals surface area contributed by atoms with Gasteiger partial charge < -0.3 is 9.88 Å². The minimum Gasteiger partial charge on any atom is -0.329 e. The standard InChI is InChI=1S/C16H15ClN4OS.C16H13N3OS/c1-10-14(23-16-18-8-9-20(16)3)11(2)21(19-10)15(22)12-4-6-13(17)7-5-12;20-16(17-13-5-2-1-3-6-13)19-11-10-14(18-19)8-9-15-7-4-12-21-15/h4-9H,1-3H3;1-12H,(H,17,20). The zero-order valence-electron chi connectivity index (χ0n) is 24.1. The van der Waals surface area contributed by atoms with Crippen LogP contribution in [0.3, 0.4) is 0 Å². The van der Waals surface area contributed by atoms with E-state index in [1.54, 1.807) is 54.1 Å². The van der Waals surface area contributed by atoms with Crippen molar-refractivity contribution < 1.29 is 9.59 Å². The van der Waals surface area contributed by atoms with Crippen molar-refractivity contribution in [2.45, 2.75) is 23.9 Å². The topological polar surface area (TPSA) is 99.6 Å². The molecular formula is C32H28ClN7O2S2. The van der Waals surface area contributed by atoms with Crippen LogP contribution in [0.15, 0.2) is 107 Å². The molecule has 0 atom stereocenters. The van der Waals surface area contributed by atoms with Crippen molar-refractivity contribution >= 4 is 64.5 Å². The number of halogens is 1. The molecule has 12 heteroatoms. The van der Waals surface area contributed by atoms with Crippen LogP contribution in [0.2, 0.25) is 5.02 Å². The lowest BCUT2D eigenvalue weighted by molar-refractivity contribution is 0.0942. The number of aromatic nitrogens is 6. The van der Waals surface area contributed by atoms with Crippen molar-refractivity contribution in [2.24, 2.45) is 7.05 Å². The van der Waals surface area contributed by atoms with Gasteiger partial charge in [-0.05, 0) is 91.7 Å². The Balaban J connectivity index is 0.000000175. The number of aryl methyl sites for hydroxylation is 2. The highest BCUT2D eigenvalue weighted by Gasteiger charge is 2.20. The van der Waals surface area contributed by atoms with Crippen molar-refractivity contribution in [3.05, 3.63) is 129 Å². The highest BCUT2D eigenvalue weighted by Crippen LogP contribution is 2.31. The summed E-state index contributed by atoms with van der Waals surface area (Å²) in [6, 6.07) is 21.6. The molecule has 1 amide bonds. The van der Waals surface area contributed by atoms with Crippen LogP contribution < -0.4 is 5.32 Å². The number of nitrogens with zero attached hydrogens (tertiary/aromatic N) is 6. The van der Waals surface area contributed by atoms with E-state index in [0.717, 1.165) is 37.7 Å². The third-order valence-electron chi connectivity index (χ3n) is 6.28. The van der Waals surface area contributed by atoms with Crippen LogP contribution in [-0.4, -0.2) is 41.1 Å². The average Bonchev–Trinajstić information content (AvgIpc) is 3.84. The molecule has 0 radical (unpaired) electrons. The predicted octanol–water partition coefficient (Wildman–Crippen LogP) is 7.92. The highest BCUT2D eigenvalue weighted by molar-refractivity contribution is 7.99. The maximum absolute atomic E-state index is 12.6. The van der Waals surface area contributed by atoms with Crippen LogP contribution in [0.4, 0.5) is 10.5 Å². The Labute approximate surface area is 267 Å². The lowest BCUT2D eigenvalue weighted by Gasteiger charge is -2.05. The molecule has 0 aliphatic rings. The number of amides is 1. The largest absolute Gasteiger partial charge is 0.346 e. The van der Waals surface area contributed by atoms with Gasteiger partial charge in [0.25, 0.3) is 5.91 Å². The number of benzene rings is 2. The molecule has 0 spiro atoms. The number of para-hydroxylation sites is 1. The van der Waals surface area contributed by atoms with E-state index < -0.39 is 0 Å². The summed E-state index contributed by atoms with van der Waals surface area (Å²) in [6.45, 7) is 3.78. The number of hydrogen-bond acceptors (Lipinski definition) is 7. The molecule has 4 aromatic heterocycles. The maximum Gasteiger partial charge on any atom is 0.346 e. The van der Waals surface area contributed by atoms with Gasteiger partial charge in [-0.2, -0.15) is 19.6 Å². The van der Waals surface area contributed by atoms with Gasteiger partial charge in [-0.15, -0.1) is 11.3 Å². The van der Waals surface area contributed by atoms with Crippen molar-refractivity contribution in [1.82, 2.24) is 29.1 Å². The Bertz CT molecular complexity index is 1890. The second-order valence-corrected chi connectivity index (χ2v) is 11.9. The Hall–Kier alpha value is -4.71. The minimum atomic E-state index is -0.281. The summed E-state index contributed by atoms with van der Waals surface area (Å²) >= 11 is 9.03. The monoisotopic (exact) mass is 641 g/mol. The Kier molecular flexibility index (Phi) is 9.90. The number of carbonyl (C=O) groups excluding carboxylic acids is 2. The molecule has 44 heavy (non-hydrogen) atoms. The number of hydrogen-bond donors (Lipinski definition) is 1. The lowest BCUT2D eigenvalue weighted by Crippen LogP contribution is -2.19. The van der Waals surface area contributed by atoms with Crippen LogP contribution in [0, 0.1) is 13.8 Å². The van der Waals surface area contributed by atoms with Gasteiger partial charge in [0.05, 0.1) is 22.0 Å². The predicted molar refractivity (Wildman–Crippen MR) is 177 cm³/mol. The first-order valence-electron chi connectivity index (χ1n) is 13.4. The van der Waals surface area contributed by atoms with Crippen molar-refractivity contribution in [3.63, 3.8) is 0 Å². The van der Waals surface area contributed by atoms with Gasteiger partial charge in [-0.1, -0.05) is 35.9 Å². The second kappa shape index (κ2) is 14.2. The molecule has 6 rings (SSSR count). The minimum absolute atomic E-state index is 0.172. The summed E-state index contributed by atoms with van der Waals surface area (Å²) in [4.78, 5) is 31.1. The van der Waals surface area contributed by atoms with E-state index >= 15 is 0 Å². The molecule has 1 N–H and O–H groups in total. The fourth-order valence-electron chi connectivity index (χ4n) is 4.03. The van der Waals surface area contributed by atoms with Gasteiger partial charge >= 0.3 is 6.03 Å². The number of rotatable bonds is 6. The molecule has 0 aliphatic carbocycles. The SMILES string of the molecule is Cc1nn(C(=O)c2ccc(Cl)cc2)c(C)c1Sc1nccn1C.O=C(Nc1ccccc1)n1ccc(C=Cc2cccs2)n1. The molecule has 0 fully saturated rings. The van der Waals surface area contributed by atoms with E-state index in [2.05, 4.69) is 20.5 Å². The van der Waals surface area contributed by atoms with E-state index in [0.29, 0.717) is 10.6 Å². The van der Waals surface area contributed by atoms with Crippen molar-refractivity contribution in [2.75, 3.05) is 5.32 Å². The summed E-state index contributed by atoms with van der Waals surface area (Å²) in [5.41, 5.74) is 3.64. The maximum atomic E-state index is 12.6. The van der Waals surface area contributed by atoms with E-state index in [1.165, 1.54) is 21.1 Å². The first kappa shape index (κ1) is 30.7. The normalized spacial score (nSPS) is 10.9. The lowest BCUT2D eigenvalue weighted by atomic mass is 10.2. The first-order chi connectivity index (χ1) is 21.3. The Morgan fingerprint density at radius 2 is 1.70 bits per heavy atom. The van der Waals surface area contributed by atoms with Gasteiger partial charge in [-0.25, -0.2) is 9.78 Å². The highest BCUT2D eigenvalue weighted by atomic mass is 35.5. The molecule has 0 saturated carbocycles. The second-order valence-electron chi connectivity index (χ2n) is 9.48. The van der Waals surface area contributed by atoms with Crippen LogP contribution in [0.1, 0.15) is 32.3 Å². The number of imidazole rings is 1. The number of carbonyl (C=O) groups is 2. The van der Waals surface area contributed by atoms with Crippen LogP contribution in [0.5, 0.6) is 0 Å².